The van der Waals surface area contributed by atoms with E-state index in [4.69, 9.17) is 9.52 Å². The van der Waals surface area contributed by atoms with Gasteiger partial charge in [-0.25, -0.2) is 4.98 Å². The largest absolute Gasteiger partial charge is 0.480 e. The molecule has 0 fully saturated rings. The number of amides is 1. The van der Waals surface area contributed by atoms with Gasteiger partial charge in [-0.15, -0.1) is 0 Å². The Balaban J connectivity index is 2.30. The van der Waals surface area contributed by atoms with E-state index in [9.17, 15) is 9.59 Å². The molecule has 1 aromatic rings. The zero-order valence-corrected chi connectivity index (χ0v) is 6.69. The second-order valence-electron chi connectivity index (χ2n) is 2.27. The molecule has 0 atom stereocenters. The molecule has 0 aliphatic rings. The molecule has 0 aromatic carbocycles. The number of rotatable bonds is 4. The Labute approximate surface area is 73.6 Å². The van der Waals surface area contributed by atoms with Crippen LogP contribution in [0.5, 0.6) is 0 Å². The summed E-state index contributed by atoms with van der Waals surface area (Å²) in [6, 6.07) is 0. The summed E-state index contributed by atoms with van der Waals surface area (Å²) in [4.78, 5) is 24.7. The second-order valence-corrected chi connectivity index (χ2v) is 2.27. The van der Waals surface area contributed by atoms with Gasteiger partial charge in [0, 0.05) is 0 Å². The molecule has 1 aromatic heterocycles. The van der Waals surface area contributed by atoms with Gasteiger partial charge in [-0.2, -0.15) is 0 Å². The van der Waals surface area contributed by atoms with E-state index >= 15 is 0 Å². The molecule has 1 rings (SSSR count). The van der Waals surface area contributed by atoms with Gasteiger partial charge < -0.3 is 14.8 Å². The molecule has 0 aliphatic carbocycles. The number of nitrogens with zero attached hydrogens (tertiary/aromatic N) is 1. The average Bonchev–Trinajstić information content (AvgIpc) is 2.53. The van der Waals surface area contributed by atoms with E-state index in [-0.39, 0.29) is 18.9 Å². The Morgan fingerprint density at radius 2 is 2.38 bits per heavy atom. The lowest BCUT2D eigenvalue weighted by molar-refractivity contribution is -0.137. The number of carboxylic acids is 1. The van der Waals surface area contributed by atoms with E-state index in [0.717, 1.165) is 0 Å². The van der Waals surface area contributed by atoms with Crippen LogP contribution in [0.25, 0.3) is 0 Å². The number of carbonyl (C=O) groups excluding carboxylic acids is 1. The zero-order valence-electron chi connectivity index (χ0n) is 6.69. The van der Waals surface area contributed by atoms with Crippen LogP contribution in [-0.4, -0.2) is 28.5 Å². The first-order valence-electron chi connectivity index (χ1n) is 3.55. The van der Waals surface area contributed by atoms with Crippen molar-refractivity contribution in [3.8, 4) is 0 Å². The highest BCUT2D eigenvalue weighted by Crippen LogP contribution is 1.94. The molecule has 6 heteroatoms. The summed E-state index contributed by atoms with van der Waals surface area (Å²) in [5, 5.41) is 10.4. The summed E-state index contributed by atoms with van der Waals surface area (Å²) in [7, 11) is 0. The average molecular weight is 184 g/mol. The van der Waals surface area contributed by atoms with Crippen LogP contribution >= 0.6 is 0 Å². The number of hydrogen-bond acceptors (Lipinski definition) is 4. The van der Waals surface area contributed by atoms with Gasteiger partial charge in [0.2, 0.25) is 11.8 Å². The van der Waals surface area contributed by atoms with Crippen LogP contribution in [-0.2, 0) is 16.0 Å². The van der Waals surface area contributed by atoms with Gasteiger partial charge in [-0.05, 0) is 0 Å². The first-order valence-corrected chi connectivity index (χ1v) is 3.55. The fourth-order valence-corrected chi connectivity index (χ4v) is 0.714. The van der Waals surface area contributed by atoms with Crippen LogP contribution in [0.3, 0.4) is 0 Å². The SMILES string of the molecule is O=C(O)CNC(=O)Cc1ncco1. The minimum atomic E-state index is -1.08. The van der Waals surface area contributed by atoms with Crippen molar-refractivity contribution < 1.29 is 19.1 Å². The van der Waals surface area contributed by atoms with Crippen LogP contribution in [0.2, 0.25) is 0 Å². The van der Waals surface area contributed by atoms with E-state index < -0.39 is 11.9 Å². The molecule has 1 amide bonds. The zero-order chi connectivity index (χ0) is 9.68. The first-order chi connectivity index (χ1) is 6.18. The number of carbonyl (C=O) groups is 2. The van der Waals surface area contributed by atoms with Gasteiger partial charge in [-0.3, -0.25) is 9.59 Å². The van der Waals surface area contributed by atoms with Crippen molar-refractivity contribution in [2.45, 2.75) is 6.42 Å². The van der Waals surface area contributed by atoms with Crippen molar-refractivity contribution >= 4 is 11.9 Å². The maximum absolute atomic E-state index is 10.9. The van der Waals surface area contributed by atoms with Gasteiger partial charge in [0.25, 0.3) is 0 Å². The molecule has 0 saturated carbocycles. The smallest absolute Gasteiger partial charge is 0.322 e. The lowest BCUT2D eigenvalue weighted by Gasteiger charge is -1.98. The Kier molecular flexibility index (Phi) is 3.02. The molecule has 0 aliphatic heterocycles. The number of nitrogens with one attached hydrogen (secondary N) is 1. The molecule has 13 heavy (non-hydrogen) atoms. The van der Waals surface area contributed by atoms with Crippen LogP contribution < -0.4 is 5.32 Å². The topological polar surface area (TPSA) is 92.4 Å². The third-order valence-electron chi connectivity index (χ3n) is 1.23. The molecule has 2 N–H and O–H groups in total. The summed E-state index contributed by atoms with van der Waals surface area (Å²) in [5.41, 5.74) is 0. The lowest BCUT2D eigenvalue weighted by Crippen LogP contribution is -2.30. The first kappa shape index (κ1) is 9.24. The van der Waals surface area contributed by atoms with Crippen molar-refractivity contribution in [3.63, 3.8) is 0 Å². The number of oxazole rings is 1. The highest BCUT2D eigenvalue weighted by Gasteiger charge is 2.07. The molecular formula is C7H8N2O4. The summed E-state index contributed by atoms with van der Waals surface area (Å²) < 4.78 is 4.79. The molecule has 0 saturated heterocycles. The molecule has 1 heterocycles. The van der Waals surface area contributed by atoms with Crippen molar-refractivity contribution in [2.75, 3.05) is 6.54 Å². The lowest BCUT2D eigenvalue weighted by atomic mass is 10.4. The third-order valence-corrected chi connectivity index (χ3v) is 1.23. The van der Waals surface area contributed by atoms with Crippen molar-refractivity contribution in [2.24, 2.45) is 0 Å². The standard InChI is InChI=1S/C7H8N2O4/c10-5(9-4-7(11)12)3-6-8-1-2-13-6/h1-2H,3-4H2,(H,9,10)(H,11,12). The number of carboxylic acid groups (broad SMARTS) is 1. The maximum atomic E-state index is 10.9. The quantitative estimate of drug-likeness (QED) is 0.652. The van der Waals surface area contributed by atoms with Crippen molar-refractivity contribution in [1.82, 2.24) is 10.3 Å². The number of hydrogen-bond donors (Lipinski definition) is 2. The number of aromatic nitrogens is 1. The third kappa shape index (κ3) is 3.37. The van der Waals surface area contributed by atoms with Crippen LogP contribution in [0.15, 0.2) is 16.9 Å². The van der Waals surface area contributed by atoms with Crippen LogP contribution in [0, 0.1) is 0 Å². The summed E-state index contributed by atoms with van der Waals surface area (Å²) in [6.07, 6.45) is 2.72. The Morgan fingerprint density at radius 1 is 1.62 bits per heavy atom. The molecule has 70 valence electrons. The Hall–Kier alpha value is -1.85. The van der Waals surface area contributed by atoms with E-state index in [2.05, 4.69) is 10.3 Å². The monoisotopic (exact) mass is 184 g/mol. The van der Waals surface area contributed by atoms with E-state index in [0.29, 0.717) is 0 Å². The summed E-state index contributed by atoms with van der Waals surface area (Å²) in [5.74, 6) is -1.24. The van der Waals surface area contributed by atoms with Crippen LogP contribution in [0.4, 0.5) is 0 Å². The maximum Gasteiger partial charge on any atom is 0.322 e. The van der Waals surface area contributed by atoms with Gasteiger partial charge >= 0.3 is 5.97 Å². The normalized spacial score (nSPS) is 9.54. The van der Waals surface area contributed by atoms with Crippen LogP contribution in [0.1, 0.15) is 5.89 Å². The fourth-order valence-electron chi connectivity index (χ4n) is 0.714. The van der Waals surface area contributed by atoms with Crippen molar-refractivity contribution in [1.29, 1.82) is 0 Å². The van der Waals surface area contributed by atoms with Gasteiger partial charge in [0.15, 0.2) is 0 Å². The summed E-state index contributed by atoms with van der Waals surface area (Å²) >= 11 is 0. The van der Waals surface area contributed by atoms with Gasteiger partial charge in [-0.1, -0.05) is 0 Å². The minimum Gasteiger partial charge on any atom is -0.480 e. The van der Waals surface area contributed by atoms with E-state index in [1.165, 1.54) is 12.5 Å². The van der Waals surface area contributed by atoms with Gasteiger partial charge in [0.1, 0.15) is 19.2 Å². The van der Waals surface area contributed by atoms with Gasteiger partial charge in [0.05, 0.1) is 6.20 Å². The van der Waals surface area contributed by atoms with E-state index in [1.54, 1.807) is 0 Å². The Bertz CT molecular complexity index is 293. The predicted octanol–water partition coefficient (Wildman–Crippen LogP) is -0.582. The minimum absolute atomic E-state index is 0.0414. The summed E-state index contributed by atoms with van der Waals surface area (Å²) in [6.45, 7) is -0.389. The van der Waals surface area contributed by atoms with Crippen molar-refractivity contribution in [3.05, 3.63) is 18.4 Å². The highest BCUT2D eigenvalue weighted by molar-refractivity contribution is 5.82. The second kappa shape index (κ2) is 4.24. The molecule has 0 spiro atoms. The molecule has 0 bridgehead atoms. The number of aliphatic carboxylic acids is 1. The molecule has 0 unspecified atom stereocenters. The van der Waals surface area contributed by atoms with E-state index in [1.807, 2.05) is 0 Å². The Morgan fingerprint density at radius 3 is 2.92 bits per heavy atom. The molecule has 6 nitrogen and oxygen atoms in total. The molecular weight excluding hydrogens is 176 g/mol. The predicted molar refractivity (Wildman–Crippen MR) is 40.9 cm³/mol. The fraction of sp³-hybridized carbons (Fsp3) is 0.286. The highest BCUT2D eigenvalue weighted by atomic mass is 16.4. The molecule has 0 radical (unpaired) electrons.